The number of anilines is 1. The second-order valence-electron chi connectivity index (χ2n) is 3.97. The van der Waals surface area contributed by atoms with Gasteiger partial charge in [0.05, 0.1) is 5.75 Å². The number of terminal acetylenes is 1. The Balaban J connectivity index is 1.87. The maximum absolute atomic E-state index is 11.4. The van der Waals surface area contributed by atoms with Crippen LogP contribution in [0, 0.1) is 12.3 Å². The van der Waals surface area contributed by atoms with E-state index >= 15 is 0 Å². The SMILES string of the molecule is C#CCSCCNc1cc(=O)[nH]c(C2CC2)n1. The standard InChI is InChI=1S/C12H15N3OS/c1-2-6-17-7-5-13-10-8-11(16)15-12(14-10)9-3-4-9/h1,8-9H,3-7H2,(H2,13,14,15,16). The largest absolute Gasteiger partial charge is 0.369 e. The molecular weight excluding hydrogens is 234 g/mol. The van der Waals surface area contributed by atoms with E-state index in [1.807, 2.05) is 0 Å². The third-order valence-corrected chi connectivity index (χ3v) is 3.33. The van der Waals surface area contributed by atoms with E-state index in [9.17, 15) is 4.79 Å². The summed E-state index contributed by atoms with van der Waals surface area (Å²) in [6.07, 6.45) is 7.41. The Hall–Kier alpha value is -1.41. The molecule has 2 rings (SSSR count). The molecule has 1 aromatic heterocycles. The molecule has 1 fully saturated rings. The number of thioether (sulfide) groups is 1. The molecule has 0 spiro atoms. The lowest BCUT2D eigenvalue weighted by Crippen LogP contribution is -2.14. The molecule has 0 saturated heterocycles. The van der Waals surface area contributed by atoms with E-state index < -0.39 is 0 Å². The van der Waals surface area contributed by atoms with Gasteiger partial charge < -0.3 is 10.3 Å². The number of aromatic nitrogens is 2. The Bertz CT molecular complexity index is 473. The van der Waals surface area contributed by atoms with Crippen molar-refractivity contribution in [3.8, 4) is 12.3 Å². The van der Waals surface area contributed by atoms with E-state index in [1.54, 1.807) is 11.8 Å². The van der Waals surface area contributed by atoms with Gasteiger partial charge in [0, 0.05) is 24.3 Å². The van der Waals surface area contributed by atoms with Crippen LogP contribution in [0.1, 0.15) is 24.6 Å². The van der Waals surface area contributed by atoms with Gasteiger partial charge in [-0.3, -0.25) is 4.79 Å². The number of nitrogens with zero attached hydrogens (tertiary/aromatic N) is 1. The van der Waals surface area contributed by atoms with Crippen LogP contribution in [-0.4, -0.2) is 28.0 Å². The van der Waals surface area contributed by atoms with E-state index in [1.165, 1.54) is 6.07 Å². The summed E-state index contributed by atoms with van der Waals surface area (Å²) in [6.45, 7) is 0.771. The molecule has 1 saturated carbocycles. The van der Waals surface area contributed by atoms with Crippen LogP contribution in [0.2, 0.25) is 0 Å². The Morgan fingerprint density at radius 3 is 3.18 bits per heavy atom. The zero-order valence-electron chi connectivity index (χ0n) is 9.53. The average Bonchev–Trinajstić information content (AvgIpc) is 3.12. The van der Waals surface area contributed by atoms with E-state index in [2.05, 4.69) is 21.2 Å². The molecule has 90 valence electrons. The number of hydrogen-bond acceptors (Lipinski definition) is 4. The number of nitrogens with one attached hydrogen (secondary N) is 2. The Labute approximate surface area is 105 Å². The summed E-state index contributed by atoms with van der Waals surface area (Å²) in [5, 5.41) is 3.15. The molecule has 17 heavy (non-hydrogen) atoms. The Morgan fingerprint density at radius 1 is 1.65 bits per heavy atom. The molecule has 0 unspecified atom stereocenters. The van der Waals surface area contributed by atoms with Crippen molar-refractivity contribution < 1.29 is 0 Å². The predicted octanol–water partition coefficient (Wildman–Crippen LogP) is 1.43. The molecule has 0 aliphatic heterocycles. The molecule has 5 heteroatoms. The van der Waals surface area contributed by atoms with Crippen molar-refractivity contribution in [2.45, 2.75) is 18.8 Å². The van der Waals surface area contributed by atoms with Gasteiger partial charge >= 0.3 is 0 Å². The van der Waals surface area contributed by atoms with Crippen LogP contribution in [0.3, 0.4) is 0 Å². The molecular formula is C12H15N3OS. The topological polar surface area (TPSA) is 57.8 Å². The van der Waals surface area contributed by atoms with Crippen LogP contribution >= 0.6 is 11.8 Å². The van der Waals surface area contributed by atoms with Crippen LogP contribution in [0.5, 0.6) is 0 Å². The first kappa shape index (κ1) is 12.1. The zero-order valence-corrected chi connectivity index (χ0v) is 10.3. The Morgan fingerprint density at radius 2 is 2.47 bits per heavy atom. The van der Waals surface area contributed by atoms with Gasteiger partial charge in [0.2, 0.25) is 0 Å². The molecule has 1 aromatic rings. The third kappa shape index (κ3) is 3.82. The van der Waals surface area contributed by atoms with Gasteiger partial charge in [0.25, 0.3) is 5.56 Å². The molecule has 0 atom stereocenters. The fourth-order valence-corrected chi connectivity index (χ4v) is 2.01. The predicted molar refractivity (Wildman–Crippen MR) is 71.5 cm³/mol. The summed E-state index contributed by atoms with van der Waals surface area (Å²) >= 11 is 1.69. The summed E-state index contributed by atoms with van der Waals surface area (Å²) < 4.78 is 0. The second-order valence-corrected chi connectivity index (χ2v) is 5.08. The van der Waals surface area contributed by atoms with Gasteiger partial charge in [-0.1, -0.05) is 5.92 Å². The van der Waals surface area contributed by atoms with Crippen LogP contribution in [0.4, 0.5) is 5.82 Å². The van der Waals surface area contributed by atoms with Crippen molar-refractivity contribution in [2.24, 2.45) is 0 Å². The lowest BCUT2D eigenvalue weighted by molar-refractivity contribution is 0.906. The summed E-state index contributed by atoms with van der Waals surface area (Å²) in [4.78, 5) is 18.6. The highest BCUT2D eigenvalue weighted by Crippen LogP contribution is 2.37. The number of aromatic amines is 1. The third-order valence-electron chi connectivity index (χ3n) is 2.46. The highest BCUT2D eigenvalue weighted by Gasteiger charge is 2.26. The van der Waals surface area contributed by atoms with Crippen molar-refractivity contribution in [3.63, 3.8) is 0 Å². The fourth-order valence-electron chi connectivity index (χ4n) is 1.50. The lowest BCUT2D eigenvalue weighted by Gasteiger charge is -2.05. The second kappa shape index (κ2) is 5.78. The van der Waals surface area contributed by atoms with Crippen LogP contribution < -0.4 is 10.9 Å². The molecule has 0 amide bonds. The summed E-state index contributed by atoms with van der Waals surface area (Å²) in [6, 6.07) is 1.50. The summed E-state index contributed by atoms with van der Waals surface area (Å²) in [5.41, 5.74) is -0.0827. The van der Waals surface area contributed by atoms with E-state index in [0.29, 0.717) is 11.7 Å². The van der Waals surface area contributed by atoms with Crippen molar-refractivity contribution >= 4 is 17.6 Å². The minimum absolute atomic E-state index is 0.0827. The van der Waals surface area contributed by atoms with Gasteiger partial charge in [-0.05, 0) is 12.8 Å². The van der Waals surface area contributed by atoms with E-state index in [0.717, 1.165) is 36.7 Å². The maximum atomic E-state index is 11.4. The molecule has 0 radical (unpaired) electrons. The maximum Gasteiger partial charge on any atom is 0.252 e. The molecule has 4 nitrogen and oxygen atoms in total. The van der Waals surface area contributed by atoms with Crippen molar-refractivity contribution in [1.29, 1.82) is 0 Å². The lowest BCUT2D eigenvalue weighted by atomic mass is 10.4. The number of H-pyrrole nitrogens is 1. The highest BCUT2D eigenvalue weighted by molar-refractivity contribution is 7.99. The minimum Gasteiger partial charge on any atom is -0.369 e. The number of rotatable bonds is 6. The molecule has 2 N–H and O–H groups in total. The quantitative estimate of drug-likeness (QED) is 0.591. The first-order valence-corrected chi connectivity index (χ1v) is 6.81. The summed E-state index contributed by atoms with van der Waals surface area (Å²) in [7, 11) is 0. The molecule has 1 aliphatic rings. The first-order chi connectivity index (χ1) is 8.29. The van der Waals surface area contributed by atoms with Gasteiger partial charge in [-0.25, -0.2) is 4.98 Å². The fraction of sp³-hybridized carbons (Fsp3) is 0.500. The smallest absolute Gasteiger partial charge is 0.252 e. The monoisotopic (exact) mass is 249 g/mol. The molecule has 1 aliphatic carbocycles. The molecule has 0 aromatic carbocycles. The minimum atomic E-state index is -0.0827. The first-order valence-electron chi connectivity index (χ1n) is 5.66. The van der Waals surface area contributed by atoms with E-state index in [-0.39, 0.29) is 5.56 Å². The van der Waals surface area contributed by atoms with Crippen LogP contribution in [0.15, 0.2) is 10.9 Å². The molecule has 0 bridgehead atoms. The normalized spacial score (nSPS) is 14.3. The van der Waals surface area contributed by atoms with Crippen LogP contribution in [-0.2, 0) is 0 Å². The van der Waals surface area contributed by atoms with Gasteiger partial charge in [-0.15, -0.1) is 18.2 Å². The number of hydrogen-bond donors (Lipinski definition) is 2. The van der Waals surface area contributed by atoms with Gasteiger partial charge in [-0.2, -0.15) is 0 Å². The van der Waals surface area contributed by atoms with Crippen molar-refractivity contribution in [1.82, 2.24) is 9.97 Å². The average molecular weight is 249 g/mol. The van der Waals surface area contributed by atoms with Crippen molar-refractivity contribution in [3.05, 3.63) is 22.2 Å². The van der Waals surface area contributed by atoms with Crippen molar-refractivity contribution in [2.75, 3.05) is 23.4 Å². The zero-order chi connectivity index (χ0) is 12.1. The Kier molecular flexibility index (Phi) is 4.10. The van der Waals surface area contributed by atoms with Crippen LogP contribution in [0.25, 0.3) is 0 Å². The van der Waals surface area contributed by atoms with Gasteiger partial charge in [0.1, 0.15) is 11.6 Å². The molecule has 1 heterocycles. The summed E-state index contributed by atoms with van der Waals surface area (Å²) in [5.74, 6) is 6.14. The highest BCUT2D eigenvalue weighted by atomic mass is 32.2. The van der Waals surface area contributed by atoms with E-state index in [4.69, 9.17) is 6.42 Å². The van der Waals surface area contributed by atoms with Gasteiger partial charge in [0.15, 0.2) is 0 Å².